The van der Waals surface area contributed by atoms with Gasteiger partial charge in [-0.25, -0.2) is 9.71 Å². The van der Waals surface area contributed by atoms with Crippen LogP contribution < -0.4 is 19.9 Å². The van der Waals surface area contributed by atoms with E-state index in [-0.39, 0.29) is 18.8 Å². The van der Waals surface area contributed by atoms with Crippen LogP contribution in [0.1, 0.15) is 37.0 Å². The molecule has 1 saturated heterocycles. The van der Waals surface area contributed by atoms with Crippen molar-refractivity contribution in [3.8, 4) is 11.6 Å². The molecule has 1 aliphatic heterocycles. The molecule has 27 heavy (non-hydrogen) atoms. The van der Waals surface area contributed by atoms with Gasteiger partial charge >= 0.3 is 0 Å². The molecule has 1 amide bonds. The number of rotatable bonds is 6. The molecule has 0 saturated carbocycles. The second-order valence-corrected chi connectivity index (χ2v) is 8.83. The number of nitrogens with zero attached hydrogens (tertiary/aromatic N) is 1. The number of carbonyl (C=O) groups is 1. The van der Waals surface area contributed by atoms with E-state index in [1.54, 1.807) is 24.4 Å². The highest BCUT2D eigenvalue weighted by Gasteiger charge is 2.25. The molecule has 148 valence electrons. The van der Waals surface area contributed by atoms with Crippen LogP contribution in [0, 0.1) is 0 Å². The fourth-order valence-electron chi connectivity index (χ4n) is 3.05. The second kappa shape index (κ2) is 7.89. The van der Waals surface area contributed by atoms with E-state index < -0.39 is 16.7 Å². The molecule has 1 atom stereocenters. The molecular formula is C18H25N3O5S. The summed E-state index contributed by atoms with van der Waals surface area (Å²) < 4.78 is 34.0. The quantitative estimate of drug-likeness (QED) is 0.592. The summed E-state index contributed by atoms with van der Waals surface area (Å²) in [5, 5.41) is 1.45. The first-order valence-corrected chi connectivity index (χ1v) is 10.5. The Kier molecular flexibility index (Phi) is 5.75. The lowest BCUT2D eigenvalue weighted by Gasteiger charge is -2.40. The Bertz CT molecular complexity index is 843. The number of nitrogens with two attached hydrogens (primary N) is 1. The highest BCUT2D eigenvalue weighted by molar-refractivity contribution is 8.22. The molecule has 2 heterocycles. The van der Waals surface area contributed by atoms with E-state index in [0.29, 0.717) is 28.3 Å². The van der Waals surface area contributed by atoms with Gasteiger partial charge in [-0.3, -0.25) is 13.9 Å². The van der Waals surface area contributed by atoms with E-state index in [1.165, 1.54) is 0 Å². The van der Waals surface area contributed by atoms with Crippen molar-refractivity contribution in [1.29, 1.82) is 0 Å². The standard InChI is InChI=1S/C18H25N3O5S/c1-11(2)26-16-9-14-12(8-15(16)17(19)22)5-6-20-18(14)25-10-13-4-3-7-27(23,24)21-13/h5-6,8-9,11,13,21,23-24H,3-4,7,10H2,1-2H3,(H2,19,22). The van der Waals surface area contributed by atoms with E-state index in [2.05, 4.69) is 9.71 Å². The van der Waals surface area contributed by atoms with Crippen molar-refractivity contribution in [2.45, 2.75) is 38.8 Å². The maximum atomic E-state index is 11.8. The molecule has 5 N–H and O–H groups in total. The molecule has 1 unspecified atom stereocenters. The van der Waals surface area contributed by atoms with Gasteiger partial charge in [-0.15, -0.1) is 10.8 Å². The second-order valence-electron chi connectivity index (χ2n) is 6.86. The molecule has 1 aromatic carbocycles. The van der Waals surface area contributed by atoms with Gasteiger partial charge in [0.05, 0.1) is 23.5 Å². The number of hydrogen-bond acceptors (Lipinski definition) is 7. The molecule has 0 radical (unpaired) electrons. The molecular weight excluding hydrogens is 370 g/mol. The Morgan fingerprint density at radius 2 is 2.22 bits per heavy atom. The number of benzene rings is 1. The van der Waals surface area contributed by atoms with Gasteiger partial charge < -0.3 is 15.2 Å². The normalized spacial score (nSPS) is 20.4. The molecule has 8 nitrogen and oxygen atoms in total. The summed E-state index contributed by atoms with van der Waals surface area (Å²) >= 11 is 0. The Morgan fingerprint density at radius 3 is 2.89 bits per heavy atom. The van der Waals surface area contributed by atoms with Crippen molar-refractivity contribution in [3.05, 3.63) is 30.0 Å². The molecule has 0 bridgehead atoms. The van der Waals surface area contributed by atoms with Gasteiger partial charge in [0.1, 0.15) is 12.4 Å². The third-order valence-corrected chi connectivity index (χ3v) is 5.78. The largest absolute Gasteiger partial charge is 0.490 e. The van der Waals surface area contributed by atoms with Crippen LogP contribution in [0.25, 0.3) is 10.8 Å². The SMILES string of the molecule is CC(C)Oc1cc2c(OCC3CCCS(O)(O)N3)nccc2cc1C(N)=O. The molecule has 2 aromatic rings. The Balaban J connectivity index is 1.88. The molecule has 1 fully saturated rings. The highest BCUT2D eigenvalue weighted by atomic mass is 32.3. The number of primary amides is 1. The Hall–Kier alpha value is -2.07. The first kappa shape index (κ1) is 19.7. The predicted molar refractivity (Wildman–Crippen MR) is 105 cm³/mol. The molecule has 1 aliphatic rings. The summed E-state index contributed by atoms with van der Waals surface area (Å²) in [7, 11) is -2.74. The zero-order valence-electron chi connectivity index (χ0n) is 15.3. The van der Waals surface area contributed by atoms with Gasteiger partial charge in [0.2, 0.25) is 5.88 Å². The Morgan fingerprint density at radius 1 is 1.44 bits per heavy atom. The molecule has 1 aromatic heterocycles. The maximum absolute atomic E-state index is 11.8. The van der Waals surface area contributed by atoms with E-state index in [0.717, 1.165) is 18.2 Å². The summed E-state index contributed by atoms with van der Waals surface area (Å²) in [6.45, 7) is 3.98. The molecule has 3 rings (SSSR count). The van der Waals surface area contributed by atoms with Crippen molar-refractivity contribution in [1.82, 2.24) is 9.71 Å². The Labute approximate surface area is 159 Å². The monoisotopic (exact) mass is 395 g/mol. The number of nitrogens with one attached hydrogen (secondary N) is 1. The summed E-state index contributed by atoms with van der Waals surface area (Å²) in [5.41, 5.74) is 5.78. The van der Waals surface area contributed by atoms with E-state index in [9.17, 15) is 13.9 Å². The van der Waals surface area contributed by atoms with Crippen LogP contribution in [0.15, 0.2) is 24.4 Å². The van der Waals surface area contributed by atoms with Crippen LogP contribution in [0.5, 0.6) is 11.6 Å². The number of carbonyl (C=O) groups excluding carboxylic acids is 1. The summed E-state index contributed by atoms with van der Waals surface area (Å²) in [5.74, 6) is 0.569. The van der Waals surface area contributed by atoms with Gasteiger partial charge in [0.25, 0.3) is 5.91 Å². The summed E-state index contributed by atoms with van der Waals surface area (Å²) in [4.78, 5) is 16.0. The van der Waals surface area contributed by atoms with Crippen molar-refractivity contribution in [2.24, 2.45) is 5.73 Å². The van der Waals surface area contributed by atoms with Crippen LogP contribution in [-0.2, 0) is 0 Å². The third-order valence-electron chi connectivity index (χ3n) is 4.21. The minimum absolute atomic E-state index is 0.127. The van der Waals surface area contributed by atoms with Crippen LogP contribution in [0.3, 0.4) is 0 Å². The van der Waals surface area contributed by atoms with E-state index >= 15 is 0 Å². The van der Waals surface area contributed by atoms with Crippen molar-refractivity contribution >= 4 is 27.5 Å². The molecule has 0 spiro atoms. The van der Waals surface area contributed by atoms with Gasteiger partial charge in [-0.05, 0) is 50.3 Å². The summed E-state index contributed by atoms with van der Waals surface area (Å²) in [6, 6.07) is 4.97. The van der Waals surface area contributed by atoms with Crippen molar-refractivity contribution in [3.63, 3.8) is 0 Å². The lowest BCUT2D eigenvalue weighted by atomic mass is 10.1. The fourth-order valence-corrected chi connectivity index (χ4v) is 4.45. The van der Waals surface area contributed by atoms with Gasteiger partial charge in [0.15, 0.2) is 0 Å². The van der Waals surface area contributed by atoms with Crippen LogP contribution >= 0.6 is 10.8 Å². The van der Waals surface area contributed by atoms with Gasteiger partial charge in [-0.1, -0.05) is 0 Å². The number of fused-ring (bicyclic) bond motifs is 1. The van der Waals surface area contributed by atoms with Crippen LogP contribution in [0.4, 0.5) is 0 Å². The maximum Gasteiger partial charge on any atom is 0.252 e. The zero-order chi connectivity index (χ0) is 19.6. The lowest BCUT2D eigenvalue weighted by Crippen LogP contribution is -2.41. The van der Waals surface area contributed by atoms with Crippen molar-refractivity contribution in [2.75, 3.05) is 12.4 Å². The first-order valence-electron chi connectivity index (χ1n) is 8.80. The number of aromatic nitrogens is 1. The zero-order valence-corrected chi connectivity index (χ0v) is 16.2. The average Bonchev–Trinajstić information content (AvgIpc) is 2.58. The summed E-state index contributed by atoms with van der Waals surface area (Å²) in [6.07, 6.45) is 2.97. The number of amides is 1. The predicted octanol–water partition coefficient (Wildman–Crippen LogP) is 2.92. The van der Waals surface area contributed by atoms with Crippen LogP contribution in [-0.4, -0.2) is 44.5 Å². The van der Waals surface area contributed by atoms with E-state index in [4.69, 9.17) is 15.2 Å². The molecule has 0 aliphatic carbocycles. The smallest absolute Gasteiger partial charge is 0.252 e. The first-order chi connectivity index (χ1) is 12.7. The molecule has 9 heteroatoms. The average molecular weight is 395 g/mol. The fraction of sp³-hybridized carbons (Fsp3) is 0.444. The van der Waals surface area contributed by atoms with Crippen LogP contribution in [0.2, 0.25) is 0 Å². The number of hydrogen-bond donors (Lipinski definition) is 4. The third kappa shape index (κ3) is 4.81. The topological polar surface area (TPSA) is 127 Å². The number of ether oxygens (including phenoxy) is 2. The van der Waals surface area contributed by atoms with E-state index in [1.807, 2.05) is 13.8 Å². The minimum Gasteiger partial charge on any atom is -0.490 e. The number of pyridine rings is 1. The van der Waals surface area contributed by atoms with Gasteiger partial charge in [-0.2, -0.15) is 0 Å². The highest BCUT2D eigenvalue weighted by Crippen LogP contribution is 2.39. The minimum atomic E-state index is -2.74. The van der Waals surface area contributed by atoms with Gasteiger partial charge in [0, 0.05) is 11.6 Å². The van der Waals surface area contributed by atoms with Crippen molar-refractivity contribution < 1.29 is 23.4 Å². The lowest BCUT2D eigenvalue weighted by molar-refractivity contribution is 0.0994.